The van der Waals surface area contributed by atoms with Gasteiger partial charge in [-0.15, -0.1) is 23.1 Å². The first kappa shape index (κ1) is 47.5. The lowest BCUT2D eigenvalue weighted by Crippen LogP contribution is -2.56. The van der Waals surface area contributed by atoms with Crippen LogP contribution < -0.4 is 26.6 Å². The van der Waals surface area contributed by atoms with E-state index in [4.69, 9.17) is 4.74 Å². The number of ether oxygens (including phenoxy) is 1. The molecule has 18 nitrogen and oxygen atoms in total. The Hall–Kier alpha value is -5.15. The minimum absolute atomic E-state index is 0.0866. The number of carboxylic acids is 1. The second kappa shape index (κ2) is 24.2. The Balaban J connectivity index is 1.50. The summed E-state index contributed by atoms with van der Waals surface area (Å²) in [6.45, 7) is 2.39. The standard InChI is InChI=1S/C40H54N8O10S2/c1-24(49)41-19-9-7-13-28(34(52)42-26-15-16-27-32(21-26)60-38(45-27)37-46-31(23-59-37)39(55)56)43-35(53)29(14-8-10-20-48(2)3)44-36(54)30(17-18-33(50)51)47-40(57)58-22-25-11-5-4-6-12-25/h4-6,11-12,15-16,21,28-31,39,55-56H,7-10,13-14,17-20,22-23H2,1-3H3,(H,41,49)(H,42,52)(H,43,53)(H,44,54)(H,47,57)(H,50,51)/t28-,29-,30-,31+/m0/s1. The van der Waals surface area contributed by atoms with Crippen molar-refractivity contribution >= 4 is 79.7 Å². The Morgan fingerprint density at radius 2 is 1.53 bits per heavy atom. The number of carbonyl (C=O) groups is 6. The van der Waals surface area contributed by atoms with E-state index in [2.05, 4.69) is 36.6 Å². The first-order valence-corrected chi connectivity index (χ1v) is 21.5. The monoisotopic (exact) mass is 870 g/mol. The lowest BCUT2D eigenvalue weighted by Gasteiger charge is -2.25. The van der Waals surface area contributed by atoms with Crippen LogP contribution in [-0.2, 0) is 35.3 Å². The number of thiazole rings is 1. The molecule has 4 atom stereocenters. The molecule has 0 fully saturated rings. The zero-order valence-corrected chi connectivity index (χ0v) is 35.5. The lowest BCUT2D eigenvalue weighted by molar-refractivity contribution is -0.137. The molecule has 1 aromatic heterocycles. The highest BCUT2D eigenvalue weighted by atomic mass is 32.2. The normalized spacial score (nSPS) is 15.2. The third-order valence-electron chi connectivity index (χ3n) is 9.23. The highest BCUT2D eigenvalue weighted by Crippen LogP contribution is 2.31. The van der Waals surface area contributed by atoms with Crippen molar-refractivity contribution in [3.8, 4) is 0 Å². The Labute approximate surface area is 356 Å². The number of benzene rings is 2. The molecule has 0 saturated heterocycles. The molecule has 0 aliphatic carbocycles. The second-order valence-electron chi connectivity index (χ2n) is 14.5. The highest BCUT2D eigenvalue weighted by molar-refractivity contribution is 8.15. The number of aliphatic carboxylic acids is 1. The number of nitrogens with zero attached hydrogens (tertiary/aromatic N) is 3. The molecule has 3 aromatic rings. The molecule has 5 amide bonds. The van der Waals surface area contributed by atoms with E-state index in [1.807, 2.05) is 19.0 Å². The van der Waals surface area contributed by atoms with Crippen molar-refractivity contribution in [2.45, 2.75) is 95.4 Å². The summed E-state index contributed by atoms with van der Waals surface area (Å²) in [5.74, 6) is -2.94. The summed E-state index contributed by atoms with van der Waals surface area (Å²) < 4.78 is 6.01. The van der Waals surface area contributed by atoms with Gasteiger partial charge in [-0.3, -0.25) is 29.0 Å². The van der Waals surface area contributed by atoms with Gasteiger partial charge in [0.2, 0.25) is 23.6 Å². The number of nitrogens with one attached hydrogen (secondary N) is 5. The fourth-order valence-electron chi connectivity index (χ4n) is 6.02. The van der Waals surface area contributed by atoms with Crippen LogP contribution >= 0.6 is 23.1 Å². The SMILES string of the molecule is CC(=O)NCCCC[C@H](NC(=O)[C@H](CCCCN(C)C)NC(=O)[C@H](CCC(=O)O)NC(=O)OCc1ccccc1)C(=O)Nc1ccc2nc(C3=N[C@@H](C(O)O)CS3)sc2c1. The van der Waals surface area contributed by atoms with Crippen LogP contribution in [0.3, 0.4) is 0 Å². The lowest BCUT2D eigenvalue weighted by atomic mass is 10.0. The number of aliphatic hydroxyl groups is 2. The molecule has 1 aliphatic rings. The maximum atomic E-state index is 14.1. The molecular weight excluding hydrogens is 817 g/mol. The van der Waals surface area contributed by atoms with E-state index in [0.29, 0.717) is 71.3 Å². The van der Waals surface area contributed by atoms with E-state index < -0.39 is 66.7 Å². The Kier molecular flexibility index (Phi) is 19.2. The zero-order valence-electron chi connectivity index (χ0n) is 33.8. The van der Waals surface area contributed by atoms with Gasteiger partial charge in [0.1, 0.15) is 40.8 Å². The topological polar surface area (TPSA) is 261 Å². The predicted octanol–water partition coefficient (Wildman–Crippen LogP) is 2.58. The molecule has 1 aliphatic heterocycles. The molecule has 0 spiro atoms. The first-order chi connectivity index (χ1) is 28.7. The smallest absolute Gasteiger partial charge is 0.408 e. The summed E-state index contributed by atoms with van der Waals surface area (Å²) in [4.78, 5) is 88.3. The van der Waals surface area contributed by atoms with E-state index in [1.165, 1.54) is 30.0 Å². The zero-order chi connectivity index (χ0) is 43.6. The van der Waals surface area contributed by atoms with Gasteiger partial charge < -0.3 is 51.5 Å². The number of aromatic nitrogens is 1. The summed E-state index contributed by atoms with van der Waals surface area (Å²) in [5, 5.41) is 43.2. The number of hydrogen-bond donors (Lipinski definition) is 8. The van der Waals surface area contributed by atoms with Gasteiger partial charge in [0, 0.05) is 31.3 Å². The molecular formula is C40H54N8O10S2. The van der Waals surface area contributed by atoms with E-state index in [-0.39, 0.29) is 31.8 Å². The van der Waals surface area contributed by atoms with E-state index in [1.54, 1.807) is 48.5 Å². The number of carboxylic acid groups (broad SMARTS) is 1. The molecule has 0 radical (unpaired) electrons. The quantitative estimate of drug-likeness (QED) is 0.0476. The Morgan fingerprint density at radius 3 is 2.17 bits per heavy atom. The van der Waals surface area contributed by atoms with Gasteiger partial charge >= 0.3 is 12.1 Å². The van der Waals surface area contributed by atoms with Crippen LogP contribution in [0.4, 0.5) is 10.5 Å². The van der Waals surface area contributed by atoms with Gasteiger partial charge in [-0.25, -0.2) is 9.78 Å². The number of fused-ring (bicyclic) bond motifs is 1. The number of aliphatic hydroxyl groups excluding tert-OH is 1. The number of carbonyl (C=O) groups excluding carboxylic acids is 5. The summed E-state index contributed by atoms with van der Waals surface area (Å²) in [7, 11) is 3.82. The summed E-state index contributed by atoms with van der Waals surface area (Å²) in [6, 6.07) is 9.79. The number of alkyl carbamates (subject to hydrolysis) is 1. The van der Waals surface area contributed by atoms with Crippen LogP contribution in [0.2, 0.25) is 0 Å². The van der Waals surface area contributed by atoms with Crippen LogP contribution in [0, 0.1) is 0 Å². The highest BCUT2D eigenvalue weighted by Gasteiger charge is 2.31. The number of aliphatic imine (C=N–C) groups is 1. The van der Waals surface area contributed by atoms with Crippen molar-refractivity contribution in [2.24, 2.45) is 4.99 Å². The van der Waals surface area contributed by atoms with Crippen molar-refractivity contribution in [3.63, 3.8) is 0 Å². The average molecular weight is 871 g/mol. The molecule has 0 bridgehead atoms. The van der Waals surface area contributed by atoms with E-state index in [0.717, 1.165) is 4.70 Å². The third-order valence-corrected chi connectivity index (χ3v) is 11.5. The number of thioether (sulfide) groups is 1. The fourth-order valence-corrected chi connectivity index (χ4v) is 8.18. The van der Waals surface area contributed by atoms with Gasteiger partial charge in [-0.1, -0.05) is 30.3 Å². The molecule has 8 N–H and O–H groups in total. The minimum atomic E-state index is -1.57. The van der Waals surface area contributed by atoms with Crippen molar-refractivity contribution in [1.82, 2.24) is 31.2 Å². The maximum absolute atomic E-state index is 14.1. The number of rotatable bonds is 24. The van der Waals surface area contributed by atoms with Gasteiger partial charge in [-0.05, 0) is 89.3 Å². The van der Waals surface area contributed by atoms with Crippen LogP contribution in [0.25, 0.3) is 10.2 Å². The Morgan fingerprint density at radius 1 is 0.867 bits per heavy atom. The third kappa shape index (κ3) is 16.1. The predicted molar refractivity (Wildman–Crippen MR) is 228 cm³/mol. The van der Waals surface area contributed by atoms with Crippen molar-refractivity contribution < 1.29 is 48.8 Å². The number of amides is 5. The van der Waals surface area contributed by atoms with Gasteiger partial charge in [0.05, 0.1) is 10.2 Å². The minimum Gasteiger partial charge on any atom is -0.481 e. The van der Waals surface area contributed by atoms with Crippen molar-refractivity contribution in [1.29, 1.82) is 0 Å². The van der Waals surface area contributed by atoms with Crippen LogP contribution in [-0.4, -0.2) is 129 Å². The summed E-state index contributed by atoms with van der Waals surface area (Å²) >= 11 is 2.71. The van der Waals surface area contributed by atoms with Crippen LogP contribution in [0.5, 0.6) is 0 Å². The molecule has 20 heteroatoms. The van der Waals surface area contributed by atoms with Gasteiger partial charge in [0.25, 0.3) is 0 Å². The van der Waals surface area contributed by atoms with Gasteiger partial charge in [0.15, 0.2) is 6.29 Å². The molecule has 2 aromatic carbocycles. The maximum Gasteiger partial charge on any atom is 0.408 e. The molecule has 2 heterocycles. The van der Waals surface area contributed by atoms with E-state index >= 15 is 0 Å². The van der Waals surface area contributed by atoms with Gasteiger partial charge in [-0.2, -0.15) is 0 Å². The van der Waals surface area contributed by atoms with Crippen LogP contribution in [0.15, 0.2) is 53.5 Å². The number of unbranched alkanes of at least 4 members (excludes halogenated alkanes) is 2. The Bertz CT molecular complexity index is 1960. The number of hydrogen-bond acceptors (Lipinski definition) is 14. The average Bonchev–Trinajstić information content (AvgIpc) is 3.87. The number of anilines is 1. The molecule has 4 rings (SSSR count). The summed E-state index contributed by atoms with van der Waals surface area (Å²) in [6.07, 6.45) is -0.703. The van der Waals surface area contributed by atoms with Crippen molar-refractivity contribution in [3.05, 3.63) is 59.1 Å². The first-order valence-electron chi connectivity index (χ1n) is 19.7. The van der Waals surface area contributed by atoms with Crippen molar-refractivity contribution in [2.75, 3.05) is 38.3 Å². The van der Waals surface area contributed by atoms with Crippen LogP contribution in [0.1, 0.15) is 68.9 Å². The molecule has 60 heavy (non-hydrogen) atoms. The van der Waals surface area contributed by atoms with E-state index in [9.17, 15) is 44.1 Å². The molecule has 0 unspecified atom stereocenters. The largest absolute Gasteiger partial charge is 0.481 e. The molecule has 0 saturated carbocycles. The fraction of sp³-hybridized carbons (Fsp3) is 0.500. The molecule has 326 valence electrons. The summed E-state index contributed by atoms with van der Waals surface area (Å²) in [5.41, 5.74) is 1.79. The second-order valence-corrected chi connectivity index (χ2v) is 16.5.